The molecular formula is C16H22ClNO. The van der Waals surface area contributed by atoms with Crippen molar-refractivity contribution < 1.29 is 4.79 Å². The van der Waals surface area contributed by atoms with E-state index in [0.717, 1.165) is 38.8 Å². The van der Waals surface area contributed by atoms with Gasteiger partial charge in [-0.25, -0.2) is 0 Å². The van der Waals surface area contributed by atoms with E-state index >= 15 is 0 Å². The fraction of sp³-hybridized carbons (Fsp3) is 0.562. The van der Waals surface area contributed by atoms with Crippen LogP contribution in [0.2, 0.25) is 0 Å². The summed E-state index contributed by atoms with van der Waals surface area (Å²) >= 11 is 5.63. The van der Waals surface area contributed by atoms with Crippen molar-refractivity contribution >= 4 is 17.5 Å². The van der Waals surface area contributed by atoms with Crippen LogP contribution >= 0.6 is 11.6 Å². The highest BCUT2D eigenvalue weighted by atomic mass is 35.5. The third-order valence-corrected chi connectivity index (χ3v) is 4.16. The summed E-state index contributed by atoms with van der Waals surface area (Å²) in [5.41, 5.74) is 1.41. The van der Waals surface area contributed by atoms with Crippen LogP contribution in [0.4, 0.5) is 0 Å². The van der Waals surface area contributed by atoms with Gasteiger partial charge in [-0.05, 0) is 37.2 Å². The van der Waals surface area contributed by atoms with Crippen LogP contribution in [0, 0.1) is 0 Å². The van der Waals surface area contributed by atoms with Crippen LogP contribution in [-0.4, -0.2) is 29.8 Å². The Hall–Kier alpha value is -1.02. The standard InChI is InChI=1S/C16H22ClNO/c17-11-5-4-8-16(19)18-12-9-15(10-13-18)14-6-2-1-3-7-14/h1-3,6-7,15H,4-5,8-13H2. The molecule has 0 atom stereocenters. The number of amides is 1. The van der Waals surface area contributed by atoms with E-state index in [0.29, 0.717) is 24.1 Å². The van der Waals surface area contributed by atoms with Gasteiger partial charge >= 0.3 is 0 Å². The molecule has 0 N–H and O–H groups in total. The van der Waals surface area contributed by atoms with Gasteiger partial charge in [0.25, 0.3) is 0 Å². The number of carbonyl (C=O) groups is 1. The van der Waals surface area contributed by atoms with E-state index in [1.807, 2.05) is 4.90 Å². The molecule has 0 aliphatic carbocycles. The highest BCUT2D eigenvalue weighted by molar-refractivity contribution is 6.17. The molecule has 1 amide bonds. The summed E-state index contributed by atoms with van der Waals surface area (Å²) in [6.45, 7) is 1.80. The van der Waals surface area contributed by atoms with Crippen LogP contribution in [0.1, 0.15) is 43.6 Å². The van der Waals surface area contributed by atoms with Gasteiger partial charge in [0.1, 0.15) is 0 Å². The van der Waals surface area contributed by atoms with Crippen LogP contribution in [0.15, 0.2) is 30.3 Å². The number of benzene rings is 1. The number of hydrogen-bond acceptors (Lipinski definition) is 1. The first kappa shape index (κ1) is 14.4. The first-order valence-corrected chi connectivity index (χ1v) is 7.73. The van der Waals surface area contributed by atoms with Crippen molar-refractivity contribution in [2.24, 2.45) is 0 Å². The van der Waals surface area contributed by atoms with Gasteiger partial charge < -0.3 is 4.90 Å². The number of rotatable bonds is 5. The molecule has 0 saturated carbocycles. The van der Waals surface area contributed by atoms with Crippen molar-refractivity contribution in [2.45, 2.75) is 38.0 Å². The Bertz CT molecular complexity index is 385. The number of carbonyl (C=O) groups excluding carboxylic acids is 1. The van der Waals surface area contributed by atoms with Crippen molar-refractivity contribution in [3.05, 3.63) is 35.9 Å². The molecule has 1 aromatic rings. The van der Waals surface area contributed by atoms with E-state index in [2.05, 4.69) is 30.3 Å². The van der Waals surface area contributed by atoms with E-state index in [4.69, 9.17) is 11.6 Å². The maximum Gasteiger partial charge on any atom is 0.222 e. The van der Waals surface area contributed by atoms with Gasteiger partial charge in [-0.3, -0.25) is 4.79 Å². The van der Waals surface area contributed by atoms with E-state index in [1.165, 1.54) is 5.56 Å². The SMILES string of the molecule is O=C(CCCCCl)N1CCC(c2ccccc2)CC1. The first-order valence-electron chi connectivity index (χ1n) is 7.20. The molecule has 0 aromatic heterocycles. The van der Waals surface area contributed by atoms with E-state index < -0.39 is 0 Å². The highest BCUT2D eigenvalue weighted by Crippen LogP contribution is 2.28. The Morgan fingerprint density at radius 2 is 1.84 bits per heavy atom. The number of nitrogens with zero attached hydrogens (tertiary/aromatic N) is 1. The molecule has 19 heavy (non-hydrogen) atoms. The first-order chi connectivity index (χ1) is 9.31. The van der Waals surface area contributed by atoms with Gasteiger partial charge in [0.15, 0.2) is 0 Å². The van der Waals surface area contributed by atoms with Crippen molar-refractivity contribution in [1.82, 2.24) is 4.90 Å². The Morgan fingerprint density at radius 3 is 2.47 bits per heavy atom. The second-order valence-electron chi connectivity index (χ2n) is 5.21. The summed E-state index contributed by atoms with van der Waals surface area (Å²) in [4.78, 5) is 14.0. The number of alkyl halides is 1. The molecule has 1 aromatic carbocycles. The minimum absolute atomic E-state index is 0.302. The predicted octanol–water partition coefficient (Wildman–Crippen LogP) is 3.80. The van der Waals surface area contributed by atoms with Gasteiger partial charge in [-0.15, -0.1) is 11.6 Å². The quantitative estimate of drug-likeness (QED) is 0.593. The van der Waals surface area contributed by atoms with Crippen LogP contribution in [-0.2, 0) is 4.79 Å². The number of hydrogen-bond donors (Lipinski definition) is 0. The molecule has 0 bridgehead atoms. The summed E-state index contributed by atoms with van der Waals surface area (Å²) in [5, 5.41) is 0. The van der Waals surface area contributed by atoms with Crippen LogP contribution in [0.5, 0.6) is 0 Å². The van der Waals surface area contributed by atoms with Gasteiger partial charge in [-0.1, -0.05) is 30.3 Å². The third kappa shape index (κ3) is 4.24. The Morgan fingerprint density at radius 1 is 1.16 bits per heavy atom. The van der Waals surface area contributed by atoms with Gasteiger partial charge in [0.2, 0.25) is 5.91 Å². The second kappa shape index (κ2) is 7.54. The lowest BCUT2D eigenvalue weighted by Gasteiger charge is -2.32. The average Bonchev–Trinajstić information content (AvgIpc) is 2.48. The largest absolute Gasteiger partial charge is 0.343 e. The number of unbranched alkanes of at least 4 members (excludes halogenated alkanes) is 1. The average molecular weight is 280 g/mol. The van der Waals surface area contributed by atoms with Crippen molar-refractivity contribution in [2.75, 3.05) is 19.0 Å². The molecule has 1 aliphatic heterocycles. The molecule has 0 radical (unpaired) electrons. The molecule has 1 aliphatic rings. The molecular weight excluding hydrogens is 258 g/mol. The predicted molar refractivity (Wildman–Crippen MR) is 79.6 cm³/mol. The molecule has 1 fully saturated rings. The third-order valence-electron chi connectivity index (χ3n) is 3.89. The highest BCUT2D eigenvalue weighted by Gasteiger charge is 2.23. The normalized spacial score (nSPS) is 16.6. The lowest BCUT2D eigenvalue weighted by molar-refractivity contribution is -0.132. The fourth-order valence-corrected chi connectivity index (χ4v) is 2.91. The van der Waals surface area contributed by atoms with Crippen molar-refractivity contribution in [1.29, 1.82) is 0 Å². The summed E-state index contributed by atoms with van der Waals surface area (Å²) < 4.78 is 0. The molecule has 1 saturated heterocycles. The lowest BCUT2D eigenvalue weighted by atomic mass is 9.89. The summed E-state index contributed by atoms with van der Waals surface area (Å²) in [6, 6.07) is 10.6. The topological polar surface area (TPSA) is 20.3 Å². The van der Waals surface area contributed by atoms with Crippen molar-refractivity contribution in [3.63, 3.8) is 0 Å². The molecule has 104 valence electrons. The van der Waals surface area contributed by atoms with E-state index in [-0.39, 0.29) is 0 Å². The second-order valence-corrected chi connectivity index (χ2v) is 5.59. The van der Waals surface area contributed by atoms with Crippen LogP contribution in [0.3, 0.4) is 0 Å². The van der Waals surface area contributed by atoms with Gasteiger partial charge in [-0.2, -0.15) is 0 Å². The zero-order chi connectivity index (χ0) is 13.5. The lowest BCUT2D eigenvalue weighted by Crippen LogP contribution is -2.37. The Labute approximate surface area is 120 Å². The summed E-state index contributed by atoms with van der Waals surface area (Å²) in [5.74, 6) is 1.58. The van der Waals surface area contributed by atoms with Crippen molar-refractivity contribution in [3.8, 4) is 0 Å². The smallest absolute Gasteiger partial charge is 0.222 e. The molecule has 0 unspecified atom stereocenters. The van der Waals surface area contributed by atoms with Crippen LogP contribution < -0.4 is 0 Å². The number of piperidine rings is 1. The van der Waals surface area contributed by atoms with Gasteiger partial charge in [0, 0.05) is 25.4 Å². The zero-order valence-electron chi connectivity index (χ0n) is 11.4. The number of halogens is 1. The molecule has 0 spiro atoms. The minimum atomic E-state index is 0.302. The Balaban J connectivity index is 1.77. The molecule has 2 rings (SSSR count). The summed E-state index contributed by atoms with van der Waals surface area (Å²) in [6.07, 6.45) is 4.69. The zero-order valence-corrected chi connectivity index (χ0v) is 12.1. The Kier molecular flexibility index (Phi) is 5.71. The fourth-order valence-electron chi connectivity index (χ4n) is 2.72. The van der Waals surface area contributed by atoms with Crippen LogP contribution in [0.25, 0.3) is 0 Å². The number of likely N-dealkylation sites (tertiary alicyclic amines) is 1. The minimum Gasteiger partial charge on any atom is -0.343 e. The van der Waals surface area contributed by atoms with E-state index in [1.54, 1.807) is 0 Å². The molecule has 3 heteroatoms. The molecule has 1 heterocycles. The van der Waals surface area contributed by atoms with Gasteiger partial charge in [0.05, 0.1) is 0 Å². The molecule has 2 nitrogen and oxygen atoms in total. The maximum atomic E-state index is 12.0. The summed E-state index contributed by atoms with van der Waals surface area (Å²) in [7, 11) is 0. The maximum absolute atomic E-state index is 12.0. The van der Waals surface area contributed by atoms with E-state index in [9.17, 15) is 4.79 Å². The monoisotopic (exact) mass is 279 g/mol.